The van der Waals surface area contributed by atoms with E-state index in [1.54, 1.807) is 0 Å². The molecule has 1 fully saturated rings. The van der Waals surface area contributed by atoms with Gasteiger partial charge in [-0.1, -0.05) is 52.0 Å². The number of hydrogen-bond donors (Lipinski definition) is 0. The lowest BCUT2D eigenvalue weighted by Crippen LogP contribution is -1.96. The summed E-state index contributed by atoms with van der Waals surface area (Å²) in [5, 5.41) is 0. The highest BCUT2D eigenvalue weighted by molar-refractivity contribution is 5.58. The van der Waals surface area contributed by atoms with Crippen LogP contribution in [0.2, 0.25) is 0 Å². The average Bonchev–Trinajstić information content (AvgIpc) is 3.34. The predicted molar refractivity (Wildman–Crippen MR) is 84.9 cm³/mol. The Morgan fingerprint density at radius 2 is 1.65 bits per heavy atom. The van der Waals surface area contributed by atoms with Gasteiger partial charge >= 0.3 is 0 Å². The fourth-order valence-corrected chi connectivity index (χ4v) is 2.14. The highest BCUT2D eigenvalue weighted by atomic mass is 14.8. The van der Waals surface area contributed by atoms with E-state index >= 15 is 0 Å². The molecule has 0 amide bonds. The van der Waals surface area contributed by atoms with Crippen LogP contribution in [0.5, 0.6) is 0 Å². The first-order valence-corrected chi connectivity index (χ1v) is 7.66. The van der Waals surface area contributed by atoms with Crippen LogP contribution in [0.1, 0.15) is 63.6 Å². The number of hydrogen-bond acceptors (Lipinski definition) is 2. The largest absolute Gasteiger partial charge is 0.261 e. The molecule has 0 bridgehead atoms. The molecule has 2 heteroatoms. The Balaban J connectivity index is 0.000000704. The molecule has 0 unspecified atom stereocenters. The van der Waals surface area contributed by atoms with Crippen molar-refractivity contribution in [3.05, 3.63) is 47.9 Å². The number of benzene rings is 1. The Morgan fingerprint density at radius 3 is 2.20 bits per heavy atom. The lowest BCUT2D eigenvalue weighted by atomic mass is 10.1. The van der Waals surface area contributed by atoms with Crippen molar-refractivity contribution < 1.29 is 0 Å². The van der Waals surface area contributed by atoms with Crippen molar-refractivity contribution in [1.29, 1.82) is 0 Å². The topological polar surface area (TPSA) is 25.8 Å². The first-order chi connectivity index (χ1) is 9.74. The van der Waals surface area contributed by atoms with Crippen LogP contribution in [0.25, 0.3) is 11.3 Å². The van der Waals surface area contributed by atoms with Crippen molar-refractivity contribution in [3.8, 4) is 11.3 Å². The molecular formula is C18H24N2. The number of aromatic nitrogens is 2. The van der Waals surface area contributed by atoms with Crippen LogP contribution in [0.15, 0.2) is 36.7 Å². The van der Waals surface area contributed by atoms with Crippen molar-refractivity contribution in [3.63, 3.8) is 0 Å². The number of rotatable bonds is 3. The van der Waals surface area contributed by atoms with Gasteiger partial charge in [0.15, 0.2) is 0 Å². The molecule has 0 N–H and O–H groups in total. The molecule has 2 nitrogen and oxygen atoms in total. The molecule has 1 aliphatic carbocycles. The van der Waals surface area contributed by atoms with Gasteiger partial charge < -0.3 is 0 Å². The second-order valence-corrected chi connectivity index (χ2v) is 5.38. The van der Waals surface area contributed by atoms with Gasteiger partial charge in [0, 0.05) is 11.8 Å². The Kier molecular flexibility index (Phi) is 4.89. The molecule has 1 aromatic carbocycles. The highest BCUT2D eigenvalue weighted by Crippen LogP contribution is 2.40. The van der Waals surface area contributed by atoms with Crippen LogP contribution < -0.4 is 0 Å². The van der Waals surface area contributed by atoms with E-state index in [-0.39, 0.29) is 0 Å². The zero-order valence-corrected chi connectivity index (χ0v) is 12.9. The first kappa shape index (κ1) is 14.7. The summed E-state index contributed by atoms with van der Waals surface area (Å²) in [5.74, 6) is 1.23. The molecule has 1 heterocycles. The van der Waals surface area contributed by atoms with Gasteiger partial charge in [0.05, 0.1) is 17.6 Å². The molecule has 106 valence electrons. The van der Waals surface area contributed by atoms with Crippen molar-refractivity contribution >= 4 is 0 Å². The van der Waals surface area contributed by atoms with E-state index in [4.69, 9.17) is 0 Å². The summed E-state index contributed by atoms with van der Waals surface area (Å²) in [5.41, 5.74) is 4.66. The summed E-state index contributed by atoms with van der Waals surface area (Å²) in [7, 11) is 0. The molecular weight excluding hydrogens is 244 g/mol. The minimum Gasteiger partial charge on any atom is -0.261 e. The molecule has 0 aliphatic heterocycles. The van der Waals surface area contributed by atoms with Gasteiger partial charge in [0.25, 0.3) is 0 Å². The molecule has 2 aromatic rings. The van der Waals surface area contributed by atoms with E-state index in [0.29, 0.717) is 5.92 Å². The van der Waals surface area contributed by atoms with Gasteiger partial charge in [-0.25, -0.2) is 4.98 Å². The Labute approximate surface area is 122 Å². The molecule has 1 aliphatic rings. The lowest BCUT2D eigenvalue weighted by molar-refractivity contribution is 0.814. The molecule has 0 atom stereocenters. The maximum absolute atomic E-state index is 4.67. The zero-order valence-electron chi connectivity index (χ0n) is 12.9. The van der Waals surface area contributed by atoms with Crippen LogP contribution in [0, 0.1) is 0 Å². The molecule has 1 aromatic heterocycles. The fraction of sp³-hybridized carbons (Fsp3) is 0.444. The highest BCUT2D eigenvalue weighted by Gasteiger charge is 2.23. The first-order valence-electron chi connectivity index (χ1n) is 7.66. The van der Waals surface area contributed by atoms with Gasteiger partial charge in [-0.3, -0.25) is 4.98 Å². The van der Waals surface area contributed by atoms with E-state index in [1.165, 1.54) is 18.4 Å². The Hall–Kier alpha value is -1.70. The van der Waals surface area contributed by atoms with Crippen molar-refractivity contribution in [2.24, 2.45) is 0 Å². The fourth-order valence-electron chi connectivity index (χ4n) is 2.14. The summed E-state index contributed by atoms with van der Waals surface area (Å²) < 4.78 is 0. The smallest absolute Gasteiger partial charge is 0.0888 e. The third kappa shape index (κ3) is 3.44. The molecule has 3 rings (SSSR count). The van der Waals surface area contributed by atoms with Crippen molar-refractivity contribution in [2.75, 3.05) is 0 Å². The number of nitrogens with zero attached hydrogens (tertiary/aromatic N) is 2. The van der Waals surface area contributed by atoms with Gasteiger partial charge in [-0.05, 0) is 30.2 Å². The standard InChI is InChI=1S/C16H18N2.C2H6/c1-11(2)15-9-17-10-16(18-15)14-7-5-13(6-8-14)12-3-4-12;1-2/h5-12H,3-4H2,1-2H3;1-2H3. The van der Waals surface area contributed by atoms with Crippen LogP contribution in [-0.4, -0.2) is 9.97 Å². The molecule has 20 heavy (non-hydrogen) atoms. The summed E-state index contributed by atoms with van der Waals surface area (Å²) in [4.78, 5) is 8.96. The van der Waals surface area contributed by atoms with E-state index in [9.17, 15) is 0 Å². The van der Waals surface area contributed by atoms with E-state index < -0.39 is 0 Å². The van der Waals surface area contributed by atoms with Gasteiger partial charge in [0.1, 0.15) is 0 Å². The quantitative estimate of drug-likeness (QED) is 0.767. The van der Waals surface area contributed by atoms with Gasteiger partial charge in [-0.15, -0.1) is 0 Å². The van der Waals surface area contributed by atoms with Crippen LogP contribution in [-0.2, 0) is 0 Å². The average molecular weight is 268 g/mol. The van der Waals surface area contributed by atoms with Crippen molar-refractivity contribution in [2.45, 2.75) is 52.4 Å². The molecule has 0 spiro atoms. The summed E-state index contributed by atoms with van der Waals surface area (Å²) in [6.07, 6.45) is 6.40. The van der Waals surface area contributed by atoms with E-state index in [0.717, 1.165) is 22.9 Å². The molecule has 0 radical (unpaired) electrons. The minimum absolute atomic E-state index is 0.420. The predicted octanol–water partition coefficient (Wildman–Crippen LogP) is 5.17. The SMILES string of the molecule is CC.CC(C)c1cncc(-c2ccc(C3CC3)cc2)n1. The molecule has 1 saturated carbocycles. The van der Waals surface area contributed by atoms with E-state index in [1.807, 2.05) is 26.2 Å². The van der Waals surface area contributed by atoms with Gasteiger partial charge in [0.2, 0.25) is 0 Å². The maximum Gasteiger partial charge on any atom is 0.0888 e. The minimum atomic E-state index is 0.420. The van der Waals surface area contributed by atoms with Crippen LogP contribution in [0.4, 0.5) is 0 Å². The van der Waals surface area contributed by atoms with Crippen LogP contribution >= 0.6 is 0 Å². The second-order valence-electron chi connectivity index (χ2n) is 5.38. The monoisotopic (exact) mass is 268 g/mol. The van der Waals surface area contributed by atoms with Crippen molar-refractivity contribution in [1.82, 2.24) is 9.97 Å². The maximum atomic E-state index is 4.67. The Bertz CT molecular complexity index is 540. The van der Waals surface area contributed by atoms with E-state index in [2.05, 4.69) is 48.1 Å². The third-order valence-corrected chi connectivity index (χ3v) is 3.50. The zero-order chi connectivity index (χ0) is 14.5. The lowest BCUT2D eigenvalue weighted by Gasteiger charge is -2.07. The Morgan fingerprint density at radius 1 is 1.00 bits per heavy atom. The normalized spacial score (nSPS) is 13.8. The summed E-state index contributed by atoms with van der Waals surface area (Å²) in [6, 6.07) is 8.80. The molecule has 0 saturated heterocycles. The van der Waals surface area contributed by atoms with Gasteiger partial charge in [-0.2, -0.15) is 0 Å². The second kappa shape index (κ2) is 6.65. The summed E-state index contributed by atoms with van der Waals surface area (Å²) in [6.45, 7) is 8.29. The van der Waals surface area contributed by atoms with Crippen LogP contribution in [0.3, 0.4) is 0 Å². The summed E-state index contributed by atoms with van der Waals surface area (Å²) >= 11 is 0. The third-order valence-electron chi connectivity index (χ3n) is 3.50.